The minimum atomic E-state index is -0.117. The molecule has 5 heteroatoms. The van der Waals surface area contributed by atoms with Crippen LogP contribution in [0.15, 0.2) is 18.2 Å². The number of benzene rings is 1. The van der Waals surface area contributed by atoms with E-state index in [0.29, 0.717) is 21.6 Å². The van der Waals surface area contributed by atoms with E-state index in [4.69, 9.17) is 17.3 Å². The maximum absolute atomic E-state index is 11.9. The molecule has 0 spiro atoms. The molecule has 0 aliphatic heterocycles. The molecule has 0 radical (unpaired) electrons. The largest absolute Gasteiger partial charge is 0.397 e. The lowest BCUT2D eigenvalue weighted by Crippen LogP contribution is -2.24. The molecule has 0 bridgehead atoms. The molecule has 17 heavy (non-hydrogen) atoms. The van der Waals surface area contributed by atoms with E-state index in [1.165, 1.54) is 0 Å². The molecule has 1 amide bonds. The van der Waals surface area contributed by atoms with E-state index in [1.807, 2.05) is 6.92 Å². The second-order valence-electron chi connectivity index (χ2n) is 4.05. The van der Waals surface area contributed by atoms with Crippen molar-refractivity contribution in [2.75, 3.05) is 11.1 Å². The molecular formula is C12H17ClN2OS. The summed E-state index contributed by atoms with van der Waals surface area (Å²) in [5.74, 6) is -0.0577. The smallest absolute Gasteiger partial charge is 0.237 e. The summed E-state index contributed by atoms with van der Waals surface area (Å²) in [4.78, 5) is 11.9. The van der Waals surface area contributed by atoms with E-state index >= 15 is 0 Å². The fourth-order valence-corrected chi connectivity index (χ4v) is 2.51. The van der Waals surface area contributed by atoms with Crippen LogP contribution in [-0.4, -0.2) is 16.4 Å². The number of thioether (sulfide) groups is 1. The second kappa shape index (κ2) is 6.17. The summed E-state index contributed by atoms with van der Waals surface area (Å²) in [6.45, 7) is 5.99. The standard InChI is InChI=1S/C12H17ClN2OS/c1-7(2)17-8(3)12(16)15-11-6-9(13)4-5-10(11)14/h4-8H,14H2,1-3H3,(H,15,16). The predicted molar refractivity (Wildman–Crippen MR) is 76.7 cm³/mol. The Bertz CT molecular complexity index is 409. The first-order valence-corrected chi connectivity index (χ1v) is 6.73. The summed E-state index contributed by atoms with van der Waals surface area (Å²) in [5, 5.41) is 3.63. The fourth-order valence-electron chi connectivity index (χ4n) is 1.34. The molecule has 0 saturated carbocycles. The minimum absolute atomic E-state index is 0.0577. The first-order valence-electron chi connectivity index (χ1n) is 5.41. The summed E-state index contributed by atoms with van der Waals surface area (Å²) < 4.78 is 0. The Labute approximate surface area is 111 Å². The normalized spacial score (nSPS) is 12.5. The third kappa shape index (κ3) is 4.48. The molecule has 94 valence electrons. The van der Waals surface area contributed by atoms with Crippen molar-refractivity contribution in [2.24, 2.45) is 0 Å². The number of carbonyl (C=O) groups excluding carboxylic acids is 1. The van der Waals surface area contributed by atoms with E-state index in [0.717, 1.165) is 0 Å². The molecule has 0 aliphatic rings. The molecule has 0 fully saturated rings. The lowest BCUT2D eigenvalue weighted by molar-refractivity contribution is -0.115. The zero-order chi connectivity index (χ0) is 13.0. The van der Waals surface area contributed by atoms with Gasteiger partial charge in [0.25, 0.3) is 0 Å². The van der Waals surface area contributed by atoms with E-state index < -0.39 is 0 Å². The van der Waals surface area contributed by atoms with E-state index in [-0.39, 0.29) is 11.2 Å². The van der Waals surface area contributed by atoms with Gasteiger partial charge in [0.15, 0.2) is 0 Å². The van der Waals surface area contributed by atoms with Crippen LogP contribution in [0.5, 0.6) is 0 Å². The number of carbonyl (C=O) groups is 1. The third-order valence-electron chi connectivity index (χ3n) is 2.12. The van der Waals surface area contributed by atoms with Gasteiger partial charge in [-0.25, -0.2) is 0 Å². The van der Waals surface area contributed by atoms with Crippen LogP contribution >= 0.6 is 23.4 Å². The van der Waals surface area contributed by atoms with Crippen molar-refractivity contribution in [3.63, 3.8) is 0 Å². The average Bonchev–Trinajstić information content (AvgIpc) is 2.22. The Kier molecular flexibility index (Phi) is 5.15. The SMILES string of the molecule is CC(C)SC(C)C(=O)Nc1cc(Cl)ccc1N. The monoisotopic (exact) mass is 272 g/mol. The minimum Gasteiger partial charge on any atom is -0.397 e. The highest BCUT2D eigenvalue weighted by Crippen LogP contribution is 2.24. The van der Waals surface area contributed by atoms with Crippen molar-refractivity contribution in [1.29, 1.82) is 0 Å². The lowest BCUT2D eigenvalue weighted by atomic mass is 10.2. The summed E-state index contributed by atoms with van der Waals surface area (Å²) in [6, 6.07) is 5.03. The number of hydrogen-bond acceptors (Lipinski definition) is 3. The molecule has 1 aromatic carbocycles. The zero-order valence-electron chi connectivity index (χ0n) is 10.2. The van der Waals surface area contributed by atoms with Gasteiger partial charge in [0.05, 0.1) is 16.6 Å². The number of amides is 1. The van der Waals surface area contributed by atoms with Gasteiger partial charge in [-0.3, -0.25) is 4.79 Å². The predicted octanol–water partition coefficient (Wildman–Crippen LogP) is 3.39. The average molecular weight is 273 g/mol. The maximum Gasteiger partial charge on any atom is 0.237 e. The van der Waals surface area contributed by atoms with Crippen molar-refractivity contribution in [3.05, 3.63) is 23.2 Å². The highest BCUT2D eigenvalue weighted by atomic mass is 35.5. The zero-order valence-corrected chi connectivity index (χ0v) is 11.7. The van der Waals surface area contributed by atoms with Crippen molar-refractivity contribution in [1.82, 2.24) is 0 Å². The molecule has 1 aromatic rings. The van der Waals surface area contributed by atoms with Crippen LogP contribution in [0.2, 0.25) is 5.02 Å². The Morgan fingerprint density at radius 2 is 2.06 bits per heavy atom. The Hall–Kier alpha value is -0.870. The van der Waals surface area contributed by atoms with Crippen molar-refractivity contribution < 1.29 is 4.79 Å². The highest BCUT2D eigenvalue weighted by molar-refractivity contribution is 8.01. The van der Waals surface area contributed by atoms with Gasteiger partial charge in [0.2, 0.25) is 5.91 Å². The van der Waals surface area contributed by atoms with Crippen LogP contribution in [0.4, 0.5) is 11.4 Å². The molecule has 1 rings (SSSR count). The van der Waals surface area contributed by atoms with E-state index in [2.05, 4.69) is 19.2 Å². The number of nitrogen functional groups attached to an aromatic ring is 1. The highest BCUT2D eigenvalue weighted by Gasteiger charge is 2.16. The molecule has 0 saturated heterocycles. The van der Waals surface area contributed by atoms with Gasteiger partial charge in [-0.1, -0.05) is 25.4 Å². The molecule has 1 atom stereocenters. The quantitative estimate of drug-likeness (QED) is 0.826. The second-order valence-corrected chi connectivity index (χ2v) is 6.41. The Morgan fingerprint density at radius 3 is 2.65 bits per heavy atom. The van der Waals surface area contributed by atoms with Crippen LogP contribution in [-0.2, 0) is 4.79 Å². The number of nitrogens with one attached hydrogen (secondary N) is 1. The molecule has 0 aliphatic carbocycles. The summed E-state index contributed by atoms with van der Waals surface area (Å²) in [7, 11) is 0. The van der Waals surface area contributed by atoms with Crippen LogP contribution in [0.3, 0.4) is 0 Å². The van der Waals surface area contributed by atoms with Gasteiger partial charge in [0.1, 0.15) is 0 Å². The number of halogens is 1. The van der Waals surface area contributed by atoms with E-state index in [1.54, 1.807) is 30.0 Å². The molecule has 3 nitrogen and oxygen atoms in total. The van der Waals surface area contributed by atoms with Crippen molar-refractivity contribution in [3.8, 4) is 0 Å². The van der Waals surface area contributed by atoms with Crippen molar-refractivity contribution in [2.45, 2.75) is 31.3 Å². The topological polar surface area (TPSA) is 55.1 Å². The van der Waals surface area contributed by atoms with Crippen LogP contribution in [0.1, 0.15) is 20.8 Å². The van der Waals surface area contributed by atoms with Crippen molar-refractivity contribution >= 4 is 40.6 Å². The molecule has 0 aromatic heterocycles. The molecule has 1 unspecified atom stereocenters. The third-order valence-corrected chi connectivity index (χ3v) is 3.52. The number of nitrogens with two attached hydrogens (primary N) is 1. The molecular weight excluding hydrogens is 256 g/mol. The fraction of sp³-hybridized carbons (Fsp3) is 0.417. The number of hydrogen-bond donors (Lipinski definition) is 2. The van der Waals surface area contributed by atoms with Crippen LogP contribution in [0, 0.1) is 0 Å². The van der Waals surface area contributed by atoms with Gasteiger partial charge >= 0.3 is 0 Å². The Morgan fingerprint density at radius 1 is 1.41 bits per heavy atom. The summed E-state index contributed by atoms with van der Waals surface area (Å²) in [5.41, 5.74) is 6.85. The van der Waals surface area contributed by atoms with Gasteiger partial charge in [-0.2, -0.15) is 0 Å². The molecule has 3 N–H and O–H groups in total. The first kappa shape index (κ1) is 14.2. The molecule has 0 heterocycles. The lowest BCUT2D eigenvalue weighted by Gasteiger charge is -2.15. The van der Waals surface area contributed by atoms with Crippen LogP contribution in [0.25, 0.3) is 0 Å². The van der Waals surface area contributed by atoms with Gasteiger partial charge in [-0.05, 0) is 30.4 Å². The first-order chi connectivity index (χ1) is 7.90. The van der Waals surface area contributed by atoms with Gasteiger partial charge < -0.3 is 11.1 Å². The Balaban J connectivity index is 2.70. The number of rotatable bonds is 4. The van der Waals surface area contributed by atoms with Gasteiger partial charge in [-0.15, -0.1) is 11.8 Å². The van der Waals surface area contributed by atoms with E-state index in [9.17, 15) is 4.79 Å². The number of anilines is 2. The summed E-state index contributed by atoms with van der Waals surface area (Å²) >= 11 is 7.46. The summed E-state index contributed by atoms with van der Waals surface area (Å²) in [6.07, 6.45) is 0. The maximum atomic E-state index is 11.9. The van der Waals surface area contributed by atoms with Gasteiger partial charge in [0, 0.05) is 5.02 Å². The van der Waals surface area contributed by atoms with Crippen LogP contribution < -0.4 is 11.1 Å².